The van der Waals surface area contributed by atoms with Gasteiger partial charge in [0.05, 0.1) is 6.04 Å². The molecule has 3 N–H and O–H groups in total. The summed E-state index contributed by atoms with van der Waals surface area (Å²) in [4.78, 5) is 12.0. The molecule has 110 valence electrons. The fourth-order valence-electron chi connectivity index (χ4n) is 2.15. The molecule has 0 spiro atoms. The Morgan fingerprint density at radius 3 is 2.33 bits per heavy atom. The van der Waals surface area contributed by atoms with E-state index < -0.39 is 6.04 Å². The molecule has 0 radical (unpaired) electrons. The fraction of sp³-hybridized carbons (Fsp3) is 0.235. The molecule has 0 fully saturated rings. The number of rotatable bonds is 5. The topological polar surface area (TPSA) is 55.1 Å². The van der Waals surface area contributed by atoms with Gasteiger partial charge >= 0.3 is 0 Å². The predicted octanol–water partition coefficient (Wildman–Crippen LogP) is 3.09. The summed E-state index contributed by atoms with van der Waals surface area (Å²) in [5, 5.41) is 2.92. The van der Waals surface area contributed by atoms with E-state index in [0.717, 1.165) is 11.1 Å². The van der Waals surface area contributed by atoms with Gasteiger partial charge in [0.2, 0.25) is 5.91 Å². The fourth-order valence-corrected chi connectivity index (χ4v) is 2.15. The molecule has 0 heterocycles. The highest BCUT2D eigenvalue weighted by Crippen LogP contribution is 2.16. The lowest BCUT2D eigenvalue weighted by molar-refractivity contribution is -0.122. The quantitative estimate of drug-likeness (QED) is 0.887. The summed E-state index contributed by atoms with van der Waals surface area (Å²) in [7, 11) is 0. The van der Waals surface area contributed by atoms with Gasteiger partial charge in [-0.05, 0) is 30.2 Å². The van der Waals surface area contributed by atoms with Crippen LogP contribution in [0.15, 0.2) is 54.6 Å². The smallest absolute Gasteiger partial charge is 0.222 e. The summed E-state index contributed by atoms with van der Waals surface area (Å²) in [6.07, 6.45) is 0.169. The summed E-state index contributed by atoms with van der Waals surface area (Å²) in [6.45, 7) is 1.93. The van der Waals surface area contributed by atoms with Crippen LogP contribution in [0.1, 0.15) is 36.6 Å². The second kappa shape index (κ2) is 6.99. The number of carbonyl (C=O) groups is 1. The van der Waals surface area contributed by atoms with Crippen LogP contribution in [-0.2, 0) is 4.79 Å². The highest BCUT2D eigenvalue weighted by atomic mass is 19.1. The van der Waals surface area contributed by atoms with E-state index >= 15 is 0 Å². The summed E-state index contributed by atoms with van der Waals surface area (Å²) in [6, 6.07) is 15.1. The maximum absolute atomic E-state index is 12.9. The van der Waals surface area contributed by atoms with Crippen LogP contribution in [0.2, 0.25) is 0 Å². The normalized spacial score (nSPS) is 13.5. The summed E-state index contributed by atoms with van der Waals surface area (Å²) in [5.41, 5.74) is 7.77. The number of benzene rings is 2. The van der Waals surface area contributed by atoms with Gasteiger partial charge in [0.15, 0.2) is 0 Å². The van der Waals surface area contributed by atoms with Crippen molar-refractivity contribution in [3.05, 3.63) is 71.5 Å². The Bertz CT molecular complexity index is 583. The van der Waals surface area contributed by atoms with Crippen molar-refractivity contribution in [2.24, 2.45) is 5.73 Å². The maximum Gasteiger partial charge on any atom is 0.222 e. The molecule has 2 rings (SSSR count). The van der Waals surface area contributed by atoms with Gasteiger partial charge in [0.25, 0.3) is 0 Å². The minimum atomic E-state index is -0.437. The Labute approximate surface area is 124 Å². The number of amides is 1. The van der Waals surface area contributed by atoms with Crippen LogP contribution < -0.4 is 11.1 Å². The molecular formula is C17H19FN2O. The van der Waals surface area contributed by atoms with Crippen LogP contribution in [0.25, 0.3) is 0 Å². The molecule has 2 atom stereocenters. The molecule has 21 heavy (non-hydrogen) atoms. The lowest BCUT2D eigenvalue weighted by Crippen LogP contribution is -2.29. The second-order valence-corrected chi connectivity index (χ2v) is 5.06. The third kappa shape index (κ3) is 4.39. The van der Waals surface area contributed by atoms with Crippen LogP contribution in [0, 0.1) is 5.82 Å². The van der Waals surface area contributed by atoms with Gasteiger partial charge in [-0.15, -0.1) is 0 Å². The lowest BCUT2D eigenvalue weighted by atomic mass is 10.0. The minimum absolute atomic E-state index is 0.0703. The number of carbonyl (C=O) groups excluding carboxylic acids is 1. The molecule has 3 nitrogen and oxygen atoms in total. The molecule has 0 aromatic heterocycles. The summed E-state index contributed by atoms with van der Waals surface area (Å²) < 4.78 is 12.9. The first-order valence-corrected chi connectivity index (χ1v) is 6.91. The number of hydrogen-bond acceptors (Lipinski definition) is 2. The molecule has 1 amide bonds. The Morgan fingerprint density at radius 2 is 1.71 bits per heavy atom. The number of hydrogen-bond donors (Lipinski definition) is 2. The maximum atomic E-state index is 12.9. The molecule has 4 heteroatoms. The summed E-state index contributed by atoms with van der Waals surface area (Å²) >= 11 is 0. The van der Waals surface area contributed by atoms with Gasteiger partial charge in [-0.2, -0.15) is 0 Å². The Kier molecular flexibility index (Phi) is 5.06. The van der Waals surface area contributed by atoms with E-state index in [2.05, 4.69) is 5.32 Å². The predicted molar refractivity (Wildman–Crippen MR) is 80.9 cm³/mol. The van der Waals surface area contributed by atoms with E-state index in [1.165, 1.54) is 12.1 Å². The van der Waals surface area contributed by atoms with Gasteiger partial charge in [0, 0.05) is 12.5 Å². The van der Waals surface area contributed by atoms with Gasteiger partial charge in [-0.3, -0.25) is 4.79 Å². The first-order chi connectivity index (χ1) is 10.1. The molecule has 0 aliphatic carbocycles. The van der Waals surface area contributed by atoms with Crippen molar-refractivity contribution in [2.45, 2.75) is 25.4 Å². The molecule has 0 bridgehead atoms. The van der Waals surface area contributed by atoms with Crippen LogP contribution in [-0.4, -0.2) is 5.91 Å². The number of halogens is 1. The Balaban J connectivity index is 1.91. The summed E-state index contributed by atoms with van der Waals surface area (Å²) in [5.74, 6) is -0.434. The molecule has 0 unspecified atom stereocenters. The van der Waals surface area contributed by atoms with E-state index in [-0.39, 0.29) is 24.2 Å². The van der Waals surface area contributed by atoms with Gasteiger partial charge in [-0.1, -0.05) is 42.5 Å². The van der Waals surface area contributed by atoms with E-state index in [9.17, 15) is 9.18 Å². The molecule has 0 saturated heterocycles. The second-order valence-electron chi connectivity index (χ2n) is 5.06. The average molecular weight is 286 g/mol. The van der Waals surface area contributed by atoms with E-state index in [1.807, 2.05) is 37.3 Å². The highest BCUT2D eigenvalue weighted by molar-refractivity contribution is 5.77. The van der Waals surface area contributed by atoms with Crippen molar-refractivity contribution in [2.75, 3.05) is 0 Å². The first-order valence-electron chi connectivity index (χ1n) is 6.91. The molecule has 0 aliphatic rings. The van der Waals surface area contributed by atoms with Crippen LogP contribution >= 0.6 is 0 Å². The largest absolute Gasteiger partial charge is 0.350 e. The minimum Gasteiger partial charge on any atom is -0.350 e. The number of nitrogens with two attached hydrogens (primary N) is 1. The Morgan fingerprint density at radius 1 is 1.10 bits per heavy atom. The average Bonchev–Trinajstić information content (AvgIpc) is 2.48. The van der Waals surface area contributed by atoms with Crippen molar-refractivity contribution >= 4 is 5.91 Å². The number of nitrogens with one attached hydrogen (secondary N) is 1. The third-order valence-corrected chi connectivity index (χ3v) is 3.38. The van der Waals surface area contributed by atoms with Crippen molar-refractivity contribution in [3.8, 4) is 0 Å². The zero-order chi connectivity index (χ0) is 15.2. The molecule has 2 aromatic rings. The van der Waals surface area contributed by atoms with Crippen molar-refractivity contribution in [1.29, 1.82) is 0 Å². The van der Waals surface area contributed by atoms with Gasteiger partial charge in [-0.25, -0.2) is 4.39 Å². The van der Waals surface area contributed by atoms with Crippen molar-refractivity contribution < 1.29 is 9.18 Å². The zero-order valence-electron chi connectivity index (χ0n) is 11.9. The first kappa shape index (κ1) is 15.2. The van der Waals surface area contributed by atoms with Crippen LogP contribution in [0.3, 0.4) is 0 Å². The third-order valence-electron chi connectivity index (χ3n) is 3.38. The van der Waals surface area contributed by atoms with Gasteiger partial charge < -0.3 is 11.1 Å². The van der Waals surface area contributed by atoms with E-state index in [1.54, 1.807) is 12.1 Å². The van der Waals surface area contributed by atoms with Crippen LogP contribution in [0.5, 0.6) is 0 Å². The monoisotopic (exact) mass is 286 g/mol. The van der Waals surface area contributed by atoms with E-state index in [0.29, 0.717) is 0 Å². The van der Waals surface area contributed by atoms with Crippen molar-refractivity contribution in [1.82, 2.24) is 5.32 Å². The SMILES string of the molecule is C[C@H](NC(=O)C[C@@H](N)c1ccc(F)cc1)c1ccccc1. The molecule has 2 aromatic carbocycles. The standard InChI is InChI=1S/C17H19FN2O/c1-12(13-5-3-2-4-6-13)20-17(21)11-16(19)14-7-9-15(18)10-8-14/h2-10,12,16H,11,19H2,1H3,(H,20,21)/t12-,16+/m0/s1. The molecule has 0 saturated carbocycles. The molecular weight excluding hydrogens is 267 g/mol. The molecule has 0 aliphatic heterocycles. The highest BCUT2D eigenvalue weighted by Gasteiger charge is 2.14. The van der Waals surface area contributed by atoms with E-state index in [4.69, 9.17) is 5.73 Å². The lowest BCUT2D eigenvalue weighted by Gasteiger charge is -2.17. The van der Waals surface area contributed by atoms with Crippen molar-refractivity contribution in [3.63, 3.8) is 0 Å². The van der Waals surface area contributed by atoms with Crippen LogP contribution in [0.4, 0.5) is 4.39 Å². The Hall–Kier alpha value is -2.20. The zero-order valence-corrected chi connectivity index (χ0v) is 11.9. The van der Waals surface area contributed by atoms with Gasteiger partial charge in [0.1, 0.15) is 5.82 Å².